The van der Waals surface area contributed by atoms with E-state index >= 15 is 0 Å². The summed E-state index contributed by atoms with van der Waals surface area (Å²) in [5, 5.41) is 0.337. The van der Waals surface area contributed by atoms with E-state index in [0.717, 1.165) is 18.7 Å². The highest BCUT2D eigenvalue weighted by atomic mass is 35.5. The van der Waals surface area contributed by atoms with E-state index in [2.05, 4.69) is 9.97 Å². The molecule has 1 saturated carbocycles. The van der Waals surface area contributed by atoms with E-state index in [-0.39, 0.29) is 5.91 Å². The highest BCUT2D eigenvalue weighted by Gasteiger charge is 2.33. The lowest BCUT2D eigenvalue weighted by molar-refractivity contribution is 0.0724. The van der Waals surface area contributed by atoms with E-state index in [0.29, 0.717) is 23.3 Å². The molecule has 1 amide bonds. The molecule has 0 saturated heterocycles. The minimum Gasteiger partial charge on any atom is -0.337 e. The molecule has 5 nitrogen and oxygen atoms in total. The van der Waals surface area contributed by atoms with Crippen molar-refractivity contribution in [2.75, 3.05) is 0 Å². The fourth-order valence-electron chi connectivity index (χ4n) is 2.16. The van der Waals surface area contributed by atoms with E-state index in [1.807, 2.05) is 22.7 Å². The molecule has 0 spiro atoms. The molecule has 0 unspecified atom stereocenters. The van der Waals surface area contributed by atoms with Gasteiger partial charge in [0.05, 0.1) is 6.54 Å². The molecule has 1 aliphatic rings. The number of nitrogens with zero attached hydrogens (tertiary/aromatic N) is 4. The molecule has 104 valence electrons. The molecule has 20 heavy (non-hydrogen) atoms. The monoisotopic (exact) mass is 290 g/mol. The number of halogens is 1. The zero-order valence-corrected chi connectivity index (χ0v) is 11.9. The van der Waals surface area contributed by atoms with E-state index in [1.165, 1.54) is 0 Å². The zero-order chi connectivity index (χ0) is 14.1. The minimum absolute atomic E-state index is 0.0141. The molecule has 6 heteroatoms. The fraction of sp³-hybridized carbons (Fsp3) is 0.357. The van der Waals surface area contributed by atoms with Gasteiger partial charge in [-0.15, -0.1) is 0 Å². The zero-order valence-electron chi connectivity index (χ0n) is 11.2. The van der Waals surface area contributed by atoms with Crippen LogP contribution in [0, 0.1) is 0 Å². The second kappa shape index (κ2) is 5.25. The van der Waals surface area contributed by atoms with Gasteiger partial charge in [0.2, 0.25) is 0 Å². The molecule has 0 radical (unpaired) electrons. The molecule has 2 heterocycles. The summed E-state index contributed by atoms with van der Waals surface area (Å²) in [6.07, 6.45) is 7.29. The largest absolute Gasteiger partial charge is 0.337 e. The average Bonchev–Trinajstić information content (AvgIpc) is 3.19. The van der Waals surface area contributed by atoms with Crippen LogP contribution in [0.5, 0.6) is 0 Å². The van der Waals surface area contributed by atoms with Gasteiger partial charge in [-0.1, -0.05) is 11.6 Å². The molecule has 0 atom stereocenters. The first-order valence-corrected chi connectivity index (χ1v) is 6.91. The number of rotatable bonds is 4. The Morgan fingerprint density at radius 3 is 2.85 bits per heavy atom. The van der Waals surface area contributed by atoms with Gasteiger partial charge in [0.1, 0.15) is 11.0 Å². The summed E-state index contributed by atoms with van der Waals surface area (Å²) in [5.41, 5.74) is 0.575. The predicted molar refractivity (Wildman–Crippen MR) is 75.4 cm³/mol. The second-order valence-electron chi connectivity index (χ2n) is 4.99. The van der Waals surface area contributed by atoms with Gasteiger partial charge in [0, 0.05) is 37.2 Å². The summed E-state index contributed by atoms with van der Waals surface area (Å²) in [5.74, 6) is 0.866. The number of hydrogen-bond donors (Lipinski definition) is 0. The van der Waals surface area contributed by atoms with Crippen molar-refractivity contribution in [3.63, 3.8) is 0 Å². The first kappa shape index (κ1) is 13.1. The highest BCUT2D eigenvalue weighted by Crippen LogP contribution is 2.29. The fourth-order valence-corrected chi connectivity index (χ4v) is 2.33. The number of aromatic nitrogens is 3. The highest BCUT2D eigenvalue weighted by molar-refractivity contribution is 6.29. The summed E-state index contributed by atoms with van der Waals surface area (Å²) in [6, 6.07) is 3.62. The van der Waals surface area contributed by atoms with Crippen LogP contribution in [0.2, 0.25) is 5.15 Å². The van der Waals surface area contributed by atoms with E-state index in [4.69, 9.17) is 11.6 Å². The van der Waals surface area contributed by atoms with Crippen molar-refractivity contribution in [2.45, 2.75) is 25.4 Å². The van der Waals surface area contributed by atoms with Crippen LogP contribution in [0.4, 0.5) is 0 Å². The van der Waals surface area contributed by atoms with Crippen molar-refractivity contribution in [2.24, 2.45) is 7.05 Å². The van der Waals surface area contributed by atoms with Crippen LogP contribution in [0.15, 0.2) is 30.7 Å². The predicted octanol–water partition coefficient (Wildman–Crippen LogP) is 2.27. The normalized spacial score (nSPS) is 14.3. The summed E-state index contributed by atoms with van der Waals surface area (Å²) in [6.45, 7) is 0.521. The standard InChI is InChI=1S/C14H15ClN4O/c1-18-7-6-17-13(18)9-19(11-2-3-11)14(20)10-4-5-16-12(15)8-10/h4-8,11H,2-3,9H2,1H3. The van der Waals surface area contributed by atoms with Gasteiger partial charge < -0.3 is 9.47 Å². The maximum absolute atomic E-state index is 12.6. The molecule has 0 aliphatic heterocycles. The van der Waals surface area contributed by atoms with Crippen molar-refractivity contribution in [1.82, 2.24) is 19.4 Å². The van der Waals surface area contributed by atoms with Gasteiger partial charge in [-0.3, -0.25) is 4.79 Å². The lowest BCUT2D eigenvalue weighted by atomic mass is 10.2. The molecule has 2 aromatic heterocycles. The first-order valence-electron chi connectivity index (χ1n) is 6.54. The number of hydrogen-bond acceptors (Lipinski definition) is 3. The Bertz CT molecular complexity index is 636. The topological polar surface area (TPSA) is 51.0 Å². The third-order valence-electron chi connectivity index (χ3n) is 3.45. The summed E-state index contributed by atoms with van der Waals surface area (Å²) in [4.78, 5) is 22.7. The average molecular weight is 291 g/mol. The summed E-state index contributed by atoms with van der Waals surface area (Å²) < 4.78 is 1.93. The summed E-state index contributed by atoms with van der Waals surface area (Å²) >= 11 is 5.86. The van der Waals surface area contributed by atoms with Gasteiger partial charge in [0.25, 0.3) is 5.91 Å². The first-order chi connectivity index (χ1) is 9.65. The van der Waals surface area contributed by atoms with Gasteiger partial charge >= 0.3 is 0 Å². The Morgan fingerprint density at radius 2 is 2.25 bits per heavy atom. The van der Waals surface area contributed by atoms with Crippen molar-refractivity contribution >= 4 is 17.5 Å². The molecule has 1 aliphatic carbocycles. The molecule has 0 bridgehead atoms. The third-order valence-corrected chi connectivity index (χ3v) is 3.66. The second-order valence-corrected chi connectivity index (χ2v) is 5.37. The van der Waals surface area contributed by atoms with Crippen molar-refractivity contribution in [3.8, 4) is 0 Å². The number of amides is 1. The Kier molecular flexibility index (Phi) is 3.44. The molecule has 2 aromatic rings. The smallest absolute Gasteiger partial charge is 0.254 e. The number of carbonyl (C=O) groups is 1. The third kappa shape index (κ3) is 2.67. The van der Waals surface area contributed by atoms with Crippen LogP contribution in [0.1, 0.15) is 29.0 Å². The SMILES string of the molecule is Cn1ccnc1CN(C(=O)c1ccnc(Cl)c1)C1CC1. The van der Waals surface area contributed by atoms with Crippen molar-refractivity contribution in [3.05, 3.63) is 47.3 Å². The Labute approximate surface area is 122 Å². The van der Waals surface area contributed by atoms with Gasteiger partial charge in [-0.05, 0) is 25.0 Å². The maximum Gasteiger partial charge on any atom is 0.254 e. The number of imidazole rings is 1. The lowest BCUT2D eigenvalue weighted by Crippen LogP contribution is -2.33. The molecular weight excluding hydrogens is 276 g/mol. The Hall–Kier alpha value is -1.88. The van der Waals surface area contributed by atoms with E-state index < -0.39 is 0 Å². The van der Waals surface area contributed by atoms with Gasteiger partial charge in [-0.25, -0.2) is 9.97 Å². The quantitative estimate of drug-likeness (QED) is 0.812. The number of pyridine rings is 1. The van der Waals surface area contributed by atoms with E-state index in [9.17, 15) is 4.79 Å². The van der Waals surface area contributed by atoms with Crippen LogP contribution in [0.25, 0.3) is 0 Å². The molecule has 1 fully saturated rings. The summed E-state index contributed by atoms with van der Waals surface area (Å²) in [7, 11) is 1.93. The van der Waals surface area contributed by atoms with Crippen LogP contribution >= 0.6 is 11.6 Å². The Balaban J connectivity index is 1.84. The Morgan fingerprint density at radius 1 is 1.45 bits per heavy atom. The van der Waals surface area contributed by atoms with Crippen molar-refractivity contribution in [1.29, 1.82) is 0 Å². The number of carbonyl (C=O) groups excluding carboxylic acids is 1. The van der Waals surface area contributed by atoms with Crippen LogP contribution < -0.4 is 0 Å². The molecule has 3 rings (SSSR count). The molecule has 0 N–H and O–H groups in total. The van der Waals surface area contributed by atoms with E-state index in [1.54, 1.807) is 24.5 Å². The van der Waals surface area contributed by atoms with Gasteiger partial charge in [-0.2, -0.15) is 0 Å². The molecular formula is C14H15ClN4O. The van der Waals surface area contributed by atoms with Crippen LogP contribution in [-0.2, 0) is 13.6 Å². The lowest BCUT2D eigenvalue weighted by Gasteiger charge is -2.22. The molecule has 0 aromatic carbocycles. The van der Waals surface area contributed by atoms with Crippen molar-refractivity contribution < 1.29 is 4.79 Å². The van der Waals surface area contributed by atoms with Crippen LogP contribution in [-0.4, -0.2) is 31.4 Å². The minimum atomic E-state index is -0.0141. The number of aryl methyl sites for hydroxylation is 1. The van der Waals surface area contributed by atoms with Gasteiger partial charge in [0.15, 0.2) is 0 Å². The maximum atomic E-state index is 12.6. The van der Waals surface area contributed by atoms with Crippen LogP contribution in [0.3, 0.4) is 0 Å².